The minimum absolute atomic E-state index is 0.00333. The largest absolute Gasteiger partial charge is 0.444 e. The molecule has 0 radical (unpaired) electrons. The zero-order valence-corrected chi connectivity index (χ0v) is 15.6. The average molecular weight is 323 g/mol. The van der Waals surface area contributed by atoms with E-state index in [1.165, 1.54) is 0 Å². The fourth-order valence-electron chi connectivity index (χ4n) is 4.47. The number of ether oxygens (including phenoxy) is 1. The molecule has 0 spiro atoms. The quantitative estimate of drug-likeness (QED) is 0.718. The lowest BCUT2D eigenvalue weighted by Crippen LogP contribution is -2.56. The van der Waals surface area contributed by atoms with E-state index in [9.17, 15) is 9.59 Å². The highest BCUT2D eigenvalue weighted by Crippen LogP contribution is 2.39. The summed E-state index contributed by atoms with van der Waals surface area (Å²) in [5, 5.41) is 0. The summed E-state index contributed by atoms with van der Waals surface area (Å²) in [6, 6.07) is 0.145. The average Bonchev–Trinajstić information content (AvgIpc) is 2.35. The second-order valence-electron chi connectivity index (χ2n) is 8.75. The molecule has 2 aliphatic rings. The van der Waals surface area contributed by atoms with Crippen LogP contribution in [0.3, 0.4) is 0 Å². The van der Waals surface area contributed by atoms with Crippen LogP contribution in [0.15, 0.2) is 0 Å². The number of nitrogens with zero attached hydrogens (tertiary/aromatic N) is 1. The van der Waals surface area contributed by atoms with E-state index in [0.29, 0.717) is 24.0 Å². The van der Waals surface area contributed by atoms with Crippen LogP contribution in [0.2, 0.25) is 0 Å². The van der Waals surface area contributed by atoms with Gasteiger partial charge in [0.1, 0.15) is 11.4 Å². The van der Waals surface area contributed by atoms with Crippen molar-refractivity contribution in [2.24, 2.45) is 17.8 Å². The van der Waals surface area contributed by atoms with Gasteiger partial charge in [-0.05, 0) is 65.2 Å². The lowest BCUT2D eigenvalue weighted by molar-refractivity contribution is -0.132. The van der Waals surface area contributed by atoms with Crippen LogP contribution in [0.25, 0.3) is 0 Å². The van der Waals surface area contributed by atoms with Crippen molar-refractivity contribution < 1.29 is 14.3 Å². The molecule has 132 valence electrons. The van der Waals surface area contributed by atoms with Crippen LogP contribution in [-0.4, -0.2) is 34.5 Å². The maximum atomic E-state index is 12.7. The van der Waals surface area contributed by atoms with Crippen molar-refractivity contribution in [2.45, 2.75) is 91.3 Å². The molecule has 1 aliphatic carbocycles. The summed E-state index contributed by atoms with van der Waals surface area (Å²) in [7, 11) is 0. The van der Waals surface area contributed by atoms with Gasteiger partial charge in [-0.2, -0.15) is 0 Å². The topological polar surface area (TPSA) is 46.6 Å². The van der Waals surface area contributed by atoms with Crippen molar-refractivity contribution in [1.29, 1.82) is 0 Å². The van der Waals surface area contributed by atoms with Crippen LogP contribution in [-0.2, 0) is 9.53 Å². The molecular weight excluding hydrogens is 290 g/mol. The molecule has 1 aliphatic heterocycles. The van der Waals surface area contributed by atoms with E-state index >= 15 is 0 Å². The Bertz CT molecular complexity index is 454. The fraction of sp³-hybridized carbons (Fsp3) is 0.895. The van der Waals surface area contributed by atoms with Gasteiger partial charge in [-0.15, -0.1) is 0 Å². The summed E-state index contributed by atoms with van der Waals surface area (Å²) in [4.78, 5) is 27.3. The maximum Gasteiger partial charge on any atom is 0.410 e. The number of Topliss-reactive ketones (excluding diaryl/α,β-unsaturated/α-hetero) is 1. The van der Waals surface area contributed by atoms with Crippen molar-refractivity contribution >= 4 is 11.9 Å². The van der Waals surface area contributed by atoms with E-state index in [2.05, 4.69) is 20.8 Å². The molecule has 4 nitrogen and oxygen atoms in total. The molecule has 0 aromatic carbocycles. The molecule has 0 N–H and O–H groups in total. The molecular formula is C19H33NO3. The fourth-order valence-corrected chi connectivity index (χ4v) is 4.47. The summed E-state index contributed by atoms with van der Waals surface area (Å²) in [5.41, 5.74) is -0.504. The molecule has 0 aromatic heterocycles. The predicted octanol–water partition coefficient (Wildman–Crippen LogP) is 4.42. The summed E-state index contributed by atoms with van der Waals surface area (Å²) in [6.45, 7) is 12.1. The van der Waals surface area contributed by atoms with Crippen molar-refractivity contribution in [3.05, 3.63) is 0 Å². The third kappa shape index (κ3) is 4.27. The highest BCUT2D eigenvalue weighted by molar-refractivity contribution is 5.84. The van der Waals surface area contributed by atoms with Gasteiger partial charge in [-0.3, -0.25) is 4.79 Å². The molecule has 1 saturated carbocycles. The number of rotatable bonds is 1. The summed E-state index contributed by atoms with van der Waals surface area (Å²) in [6.07, 6.45) is 4.45. The SMILES string of the molecule is CC1CC(=O)C(C2CCCC(C)N2C(=O)OC(C)(C)C)C(C)C1. The van der Waals surface area contributed by atoms with E-state index < -0.39 is 5.60 Å². The molecule has 1 saturated heterocycles. The van der Waals surface area contributed by atoms with Gasteiger partial charge < -0.3 is 9.64 Å². The number of carbonyl (C=O) groups excluding carboxylic acids is 2. The van der Waals surface area contributed by atoms with Gasteiger partial charge in [-0.25, -0.2) is 4.79 Å². The van der Waals surface area contributed by atoms with Crippen LogP contribution in [0, 0.1) is 17.8 Å². The minimum atomic E-state index is -0.504. The molecule has 2 rings (SSSR count). The van der Waals surface area contributed by atoms with Crippen LogP contribution in [0.5, 0.6) is 0 Å². The third-order valence-electron chi connectivity index (χ3n) is 5.28. The smallest absolute Gasteiger partial charge is 0.410 e. The van der Waals surface area contributed by atoms with Crippen LogP contribution in [0.4, 0.5) is 4.79 Å². The first-order valence-electron chi connectivity index (χ1n) is 9.14. The number of ketones is 1. The number of amides is 1. The van der Waals surface area contributed by atoms with Gasteiger partial charge in [0, 0.05) is 24.4 Å². The lowest BCUT2D eigenvalue weighted by Gasteiger charge is -2.47. The van der Waals surface area contributed by atoms with E-state index in [4.69, 9.17) is 4.74 Å². The standard InChI is InChI=1S/C19H33NO3/c1-12-10-13(2)17(16(21)11-12)15-9-7-8-14(3)20(15)18(22)23-19(4,5)6/h12-15,17H,7-11H2,1-6H3. The molecule has 0 bridgehead atoms. The summed E-state index contributed by atoms with van der Waals surface area (Å²) < 4.78 is 5.64. The molecule has 2 fully saturated rings. The molecule has 23 heavy (non-hydrogen) atoms. The minimum Gasteiger partial charge on any atom is -0.444 e. The molecule has 5 unspecified atom stereocenters. The molecule has 5 atom stereocenters. The number of piperidine rings is 1. The van der Waals surface area contributed by atoms with Crippen LogP contribution < -0.4 is 0 Å². The number of likely N-dealkylation sites (tertiary alicyclic amines) is 1. The van der Waals surface area contributed by atoms with E-state index in [-0.39, 0.29) is 24.1 Å². The monoisotopic (exact) mass is 323 g/mol. The summed E-state index contributed by atoms with van der Waals surface area (Å²) in [5.74, 6) is 1.11. The zero-order chi connectivity index (χ0) is 17.4. The molecule has 0 aromatic rings. The normalized spacial score (nSPS) is 36.0. The summed E-state index contributed by atoms with van der Waals surface area (Å²) >= 11 is 0. The number of carbonyl (C=O) groups is 2. The van der Waals surface area contributed by atoms with Gasteiger partial charge in [0.15, 0.2) is 0 Å². The zero-order valence-electron chi connectivity index (χ0n) is 15.6. The number of hydrogen-bond acceptors (Lipinski definition) is 3. The van der Waals surface area contributed by atoms with Crippen molar-refractivity contribution in [3.63, 3.8) is 0 Å². The van der Waals surface area contributed by atoms with Gasteiger partial charge in [-0.1, -0.05) is 13.8 Å². The van der Waals surface area contributed by atoms with Gasteiger partial charge in [0.05, 0.1) is 0 Å². The molecule has 1 amide bonds. The maximum absolute atomic E-state index is 12.7. The third-order valence-corrected chi connectivity index (χ3v) is 5.28. The van der Waals surface area contributed by atoms with Crippen LogP contribution >= 0.6 is 0 Å². The van der Waals surface area contributed by atoms with Gasteiger partial charge in [0.2, 0.25) is 0 Å². The first-order chi connectivity index (χ1) is 10.6. The molecule has 1 heterocycles. The highest BCUT2D eigenvalue weighted by atomic mass is 16.6. The van der Waals surface area contributed by atoms with Crippen molar-refractivity contribution in [3.8, 4) is 0 Å². The van der Waals surface area contributed by atoms with E-state index in [1.54, 1.807) is 0 Å². The van der Waals surface area contributed by atoms with Gasteiger partial charge in [0.25, 0.3) is 0 Å². The molecule has 4 heteroatoms. The first-order valence-corrected chi connectivity index (χ1v) is 9.14. The lowest BCUT2D eigenvalue weighted by atomic mass is 9.69. The second kappa shape index (κ2) is 6.82. The van der Waals surface area contributed by atoms with E-state index in [1.807, 2.05) is 25.7 Å². The Morgan fingerprint density at radius 3 is 2.39 bits per heavy atom. The van der Waals surface area contributed by atoms with E-state index in [0.717, 1.165) is 25.7 Å². The second-order valence-corrected chi connectivity index (χ2v) is 8.75. The van der Waals surface area contributed by atoms with Crippen LogP contribution in [0.1, 0.15) is 73.6 Å². The Morgan fingerprint density at radius 2 is 1.83 bits per heavy atom. The Hall–Kier alpha value is -1.06. The Labute approximate surface area is 140 Å². The predicted molar refractivity (Wildman–Crippen MR) is 91.2 cm³/mol. The highest BCUT2D eigenvalue weighted by Gasteiger charge is 2.45. The Balaban J connectivity index is 2.23. The number of hydrogen-bond donors (Lipinski definition) is 0. The first kappa shape index (κ1) is 18.3. The Morgan fingerprint density at radius 1 is 1.17 bits per heavy atom. The van der Waals surface area contributed by atoms with Crippen molar-refractivity contribution in [2.75, 3.05) is 0 Å². The Kier molecular flexibility index (Phi) is 5.42. The van der Waals surface area contributed by atoms with Crippen molar-refractivity contribution in [1.82, 2.24) is 4.90 Å². The van der Waals surface area contributed by atoms with Gasteiger partial charge >= 0.3 is 6.09 Å².